The van der Waals surface area contributed by atoms with E-state index in [2.05, 4.69) is 0 Å². The number of benzene rings is 1. The van der Waals surface area contributed by atoms with E-state index in [-0.39, 0.29) is 11.7 Å². The van der Waals surface area contributed by atoms with E-state index in [1.165, 1.54) is 25.3 Å². The third-order valence-corrected chi connectivity index (χ3v) is 3.88. The highest BCUT2D eigenvalue weighted by atomic mass is 35.5. The summed E-state index contributed by atoms with van der Waals surface area (Å²) in [7, 11) is 0. The Kier molecular flexibility index (Phi) is 4.19. The van der Waals surface area contributed by atoms with Crippen LogP contribution in [0.5, 0.6) is 0 Å². The van der Waals surface area contributed by atoms with E-state index in [0.717, 1.165) is 18.4 Å². The van der Waals surface area contributed by atoms with E-state index >= 15 is 0 Å². The van der Waals surface area contributed by atoms with Crippen LogP contribution in [0.3, 0.4) is 0 Å². The maximum Gasteiger partial charge on any atom is 0.271 e. The fourth-order valence-corrected chi connectivity index (χ4v) is 2.90. The molecule has 0 heterocycles. The topological polar surface area (TPSA) is 69.2 Å². The van der Waals surface area contributed by atoms with Gasteiger partial charge in [0.15, 0.2) is 0 Å². The van der Waals surface area contributed by atoms with Crippen molar-refractivity contribution in [2.75, 3.05) is 0 Å². The monoisotopic (exact) mass is 268 g/mol. The molecule has 0 amide bonds. The lowest BCUT2D eigenvalue weighted by molar-refractivity contribution is -0.384. The highest BCUT2D eigenvalue weighted by Crippen LogP contribution is 2.35. The number of hydrogen-bond donors (Lipinski definition) is 1. The Morgan fingerprint density at radius 1 is 1.28 bits per heavy atom. The molecule has 0 radical (unpaired) electrons. The second kappa shape index (κ2) is 5.67. The van der Waals surface area contributed by atoms with Crippen molar-refractivity contribution in [2.24, 2.45) is 11.7 Å². The second-order valence-corrected chi connectivity index (χ2v) is 5.36. The SMILES string of the molecule is NC(c1cc(Cl)cc([N+](=O)[O-])c1)C1CCCCC1. The Hall–Kier alpha value is -1.13. The first-order chi connectivity index (χ1) is 8.58. The Balaban J connectivity index is 2.23. The number of nitro benzene ring substituents is 1. The van der Waals surface area contributed by atoms with Crippen LogP contribution in [0.2, 0.25) is 5.02 Å². The van der Waals surface area contributed by atoms with Crippen LogP contribution in [0, 0.1) is 16.0 Å². The zero-order valence-corrected chi connectivity index (χ0v) is 10.9. The first kappa shape index (κ1) is 13.3. The molecule has 0 aliphatic heterocycles. The Bertz CT molecular complexity index is 445. The number of nitrogens with zero attached hydrogens (tertiary/aromatic N) is 1. The molecule has 4 nitrogen and oxygen atoms in total. The van der Waals surface area contributed by atoms with E-state index < -0.39 is 4.92 Å². The number of nitro groups is 1. The van der Waals surface area contributed by atoms with E-state index in [9.17, 15) is 10.1 Å². The molecule has 0 saturated heterocycles. The quantitative estimate of drug-likeness (QED) is 0.669. The smallest absolute Gasteiger partial charge is 0.271 e. The maximum atomic E-state index is 10.8. The van der Waals surface area contributed by atoms with E-state index in [1.54, 1.807) is 12.1 Å². The van der Waals surface area contributed by atoms with Crippen LogP contribution in [-0.2, 0) is 0 Å². The second-order valence-electron chi connectivity index (χ2n) is 4.92. The Morgan fingerprint density at radius 3 is 2.56 bits per heavy atom. The summed E-state index contributed by atoms with van der Waals surface area (Å²) in [6.07, 6.45) is 5.85. The van der Waals surface area contributed by atoms with Crippen molar-refractivity contribution in [1.82, 2.24) is 0 Å². The van der Waals surface area contributed by atoms with Crippen LogP contribution in [0.25, 0.3) is 0 Å². The summed E-state index contributed by atoms with van der Waals surface area (Å²) in [5.74, 6) is 0.414. The Labute approximate surface area is 111 Å². The molecule has 0 spiro atoms. The standard InChI is InChI=1S/C13H17ClN2O2/c14-11-6-10(7-12(8-11)16(17)18)13(15)9-4-2-1-3-5-9/h6-9,13H,1-5,15H2. The van der Waals surface area contributed by atoms with Crippen LogP contribution in [0.1, 0.15) is 43.7 Å². The Morgan fingerprint density at radius 2 is 1.94 bits per heavy atom. The van der Waals surface area contributed by atoms with Crippen LogP contribution in [0.4, 0.5) is 5.69 Å². The molecule has 1 aromatic rings. The van der Waals surface area contributed by atoms with Gasteiger partial charge < -0.3 is 5.73 Å². The highest BCUT2D eigenvalue weighted by Gasteiger charge is 2.23. The number of rotatable bonds is 3. The van der Waals surface area contributed by atoms with Crippen molar-refractivity contribution in [3.8, 4) is 0 Å². The molecule has 1 saturated carbocycles. The van der Waals surface area contributed by atoms with Gasteiger partial charge in [0, 0.05) is 23.2 Å². The van der Waals surface area contributed by atoms with Crippen molar-refractivity contribution in [2.45, 2.75) is 38.1 Å². The van der Waals surface area contributed by atoms with Gasteiger partial charge in [-0.2, -0.15) is 0 Å². The zero-order valence-electron chi connectivity index (χ0n) is 10.1. The minimum Gasteiger partial charge on any atom is -0.324 e. The number of halogens is 1. The molecule has 0 aromatic heterocycles. The molecular weight excluding hydrogens is 252 g/mol. The predicted molar refractivity (Wildman–Crippen MR) is 71.6 cm³/mol. The van der Waals surface area contributed by atoms with Crippen LogP contribution in [0.15, 0.2) is 18.2 Å². The average molecular weight is 269 g/mol. The van der Waals surface area contributed by atoms with E-state index in [1.807, 2.05) is 0 Å². The van der Waals surface area contributed by atoms with E-state index in [4.69, 9.17) is 17.3 Å². The zero-order chi connectivity index (χ0) is 13.1. The molecule has 1 aromatic carbocycles. The van der Waals surface area contributed by atoms with Crippen molar-refractivity contribution in [3.05, 3.63) is 38.9 Å². The molecule has 1 atom stereocenters. The van der Waals surface area contributed by atoms with E-state index in [0.29, 0.717) is 10.9 Å². The van der Waals surface area contributed by atoms with Gasteiger partial charge in [-0.05, 0) is 30.4 Å². The summed E-state index contributed by atoms with van der Waals surface area (Å²) in [4.78, 5) is 10.4. The van der Waals surface area contributed by atoms with Crippen LogP contribution >= 0.6 is 11.6 Å². The minimum atomic E-state index is -0.428. The summed E-state index contributed by atoms with van der Waals surface area (Å²) in [5.41, 5.74) is 7.02. The van der Waals surface area contributed by atoms with Crippen molar-refractivity contribution < 1.29 is 4.92 Å². The maximum absolute atomic E-state index is 10.8. The molecule has 0 bridgehead atoms. The fourth-order valence-electron chi connectivity index (χ4n) is 2.66. The van der Waals surface area contributed by atoms with Crippen LogP contribution < -0.4 is 5.73 Å². The third-order valence-electron chi connectivity index (χ3n) is 3.66. The summed E-state index contributed by atoms with van der Waals surface area (Å²) in [6.45, 7) is 0. The van der Waals surface area contributed by atoms with Gasteiger partial charge in [0.2, 0.25) is 0 Å². The molecule has 2 N–H and O–H groups in total. The molecule has 1 aliphatic carbocycles. The van der Waals surface area contributed by atoms with Crippen LogP contribution in [-0.4, -0.2) is 4.92 Å². The first-order valence-corrected chi connectivity index (χ1v) is 6.66. The normalized spacial score (nSPS) is 18.6. The fraction of sp³-hybridized carbons (Fsp3) is 0.538. The predicted octanol–water partition coefficient (Wildman–Crippen LogP) is 3.83. The summed E-state index contributed by atoms with van der Waals surface area (Å²) < 4.78 is 0. The molecule has 5 heteroatoms. The first-order valence-electron chi connectivity index (χ1n) is 6.28. The van der Waals surface area contributed by atoms with Gasteiger partial charge in [-0.25, -0.2) is 0 Å². The lowest BCUT2D eigenvalue weighted by atomic mass is 9.81. The molecule has 98 valence electrons. The number of hydrogen-bond acceptors (Lipinski definition) is 3. The molecular formula is C13H17ClN2O2. The van der Waals surface area contributed by atoms with Crippen molar-refractivity contribution in [1.29, 1.82) is 0 Å². The van der Waals surface area contributed by atoms with Crippen molar-refractivity contribution >= 4 is 17.3 Å². The van der Waals surface area contributed by atoms with Gasteiger partial charge in [0.05, 0.1) is 4.92 Å². The average Bonchev–Trinajstić information content (AvgIpc) is 2.38. The molecule has 1 fully saturated rings. The largest absolute Gasteiger partial charge is 0.324 e. The lowest BCUT2D eigenvalue weighted by Crippen LogP contribution is -2.23. The number of nitrogens with two attached hydrogens (primary N) is 1. The van der Waals surface area contributed by atoms with Gasteiger partial charge >= 0.3 is 0 Å². The summed E-state index contributed by atoms with van der Waals surface area (Å²) >= 11 is 5.92. The summed E-state index contributed by atoms with van der Waals surface area (Å²) in [5, 5.41) is 11.2. The molecule has 2 rings (SSSR count). The molecule has 18 heavy (non-hydrogen) atoms. The van der Waals surface area contributed by atoms with Gasteiger partial charge in [-0.15, -0.1) is 0 Å². The van der Waals surface area contributed by atoms with Gasteiger partial charge in [0.1, 0.15) is 0 Å². The minimum absolute atomic E-state index is 0.0174. The molecule has 1 unspecified atom stereocenters. The third kappa shape index (κ3) is 3.00. The van der Waals surface area contributed by atoms with Gasteiger partial charge in [0.25, 0.3) is 5.69 Å². The van der Waals surface area contributed by atoms with Gasteiger partial charge in [-0.3, -0.25) is 10.1 Å². The number of non-ortho nitro benzene ring substituents is 1. The summed E-state index contributed by atoms with van der Waals surface area (Å²) in [6, 6.07) is 4.50. The van der Waals surface area contributed by atoms with Gasteiger partial charge in [-0.1, -0.05) is 30.9 Å². The van der Waals surface area contributed by atoms with Crippen molar-refractivity contribution in [3.63, 3.8) is 0 Å². The highest BCUT2D eigenvalue weighted by molar-refractivity contribution is 6.30. The lowest BCUT2D eigenvalue weighted by Gasteiger charge is -2.27. The molecule has 1 aliphatic rings.